The van der Waals surface area contributed by atoms with Gasteiger partial charge in [0, 0.05) is 16.9 Å². The second-order valence-corrected chi connectivity index (χ2v) is 7.22. The fourth-order valence-corrected chi connectivity index (χ4v) is 4.54. The summed E-state index contributed by atoms with van der Waals surface area (Å²) in [6.45, 7) is 2.10. The average Bonchev–Trinajstić information content (AvgIpc) is 2.87. The molecule has 0 aromatic heterocycles. The van der Waals surface area contributed by atoms with E-state index >= 15 is 0 Å². The maximum atomic E-state index is 13.1. The largest absolute Gasteiger partial charge is 0.474 e. The number of rotatable bonds is 4. The van der Waals surface area contributed by atoms with Crippen LogP contribution in [0.5, 0.6) is 0 Å². The smallest absolute Gasteiger partial charge is 0.272 e. The lowest BCUT2D eigenvalue weighted by atomic mass is 10.2. The van der Waals surface area contributed by atoms with Crippen LogP contribution in [0, 0.1) is 5.82 Å². The summed E-state index contributed by atoms with van der Waals surface area (Å²) in [6, 6.07) is 15.3. The van der Waals surface area contributed by atoms with Gasteiger partial charge in [-0.25, -0.2) is 4.39 Å². The Bertz CT molecular complexity index is 725. The van der Waals surface area contributed by atoms with Gasteiger partial charge in [0.15, 0.2) is 0 Å². The van der Waals surface area contributed by atoms with Crippen LogP contribution in [-0.4, -0.2) is 6.61 Å². The average molecular weight is 318 g/mol. The van der Waals surface area contributed by atoms with E-state index in [9.17, 15) is 8.96 Å². The summed E-state index contributed by atoms with van der Waals surface area (Å²) in [4.78, 5) is 0. The summed E-state index contributed by atoms with van der Waals surface area (Å²) in [5.74, 6) is 1.03. The molecule has 114 valence electrons. The maximum absolute atomic E-state index is 13.1. The highest BCUT2D eigenvalue weighted by molar-refractivity contribution is 7.63. The monoisotopic (exact) mass is 318 g/mol. The molecule has 3 nitrogen and oxygen atoms in total. The molecule has 0 unspecified atom stereocenters. The van der Waals surface area contributed by atoms with Gasteiger partial charge in [-0.2, -0.15) is 0 Å². The van der Waals surface area contributed by atoms with Crippen molar-refractivity contribution in [2.45, 2.75) is 12.8 Å². The lowest BCUT2D eigenvalue weighted by Crippen LogP contribution is -2.01. The van der Waals surface area contributed by atoms with E-state index in [4.69, 9.17) is 9.26 Å². The van der Waals surface area contributed by atoms with Gasteiger partial charge >= 0.3 is 0 Å². The van der Waals surface area contributed by atoms with Crippen molar-refractivity contribution in [1.29, 1.82) is 0 Å². The minimum absolute atomic E-state index is 0.316. The van der Waals surface area contributed by atoms with Crippen molar-refractivity contribution >= 4 is 13.1 Å². The van der Waals surface area contributed by atoms with E-state index in [1.807, 2.05) is 30.3 Å². The highest BCUT2D eigenvalue weighted by Crippen LogP contribution is 2.68. The SMILES string of the molecule is CCO[P@]1(=O)C=C(c2ccccc2)O[C@@H]1c1ccc(F)cc1. The zero-order valence-electron chi connectivity index (χ0n) is 12.1. The van der Waals surface area contributed by atoms with Gasteiger partial charge in [0.05, 0.1) is 6.61 Å². The van der Waals surface area contributed by atoms with Gasteiger partial charge in [0.1, 0.15) is 11.6 Å². The molecule has 3 rings (SSSR count). The van der Waals surface area contributed by atoms with Crippen LogP contribution >= 0.6 is 7.37 Å². The molecule has 0 N–H and O–H groups in total. The minimum atomic E-state index is -3.15. The van der Waals surface area contributed by atoms with Crippen molar-refractivity contribution in [3.05, 3.63) is 77.4 Å². The fourth-order valence-electron chi connectivity index (χ4n) is 2.41. The first-order valence-electron chi connectivity index (χ1n) is 7.07. The maximum Gasteiger partial charge on any atom is 0.272 e. The number of halogens is 1. The van der Waals surface area contributed by atoms with Crippen molar-refractivity contribution in [2.75, 3.05) is 6.61 Å². The van der Waals surface area contributed by atoms with Crippen LogP contribution in [0.4, 0.5) is 4.39 Å². The predicted molar refractivity (Wildman–Crippen MR) is 83.9 cm³/mol. The van der Waals surface area contributed by atoms with Crippen molar-refractivity contribution in [1.82, 2.24) is 0 Å². The number of benzene rings is 2. The van der Waals surface area contributed by atoms with E-state index in [0.717, 1.165) is 5.56 Å². The molecule has 22 heavy (non-hydrogen) atoms. The third kappa shape index (κ3) is 2.85. The number of hydrogen-bond donors (Lipinski definition) is 0. The van der Waals surface area contributed by atoms with Gasteiger partial charge in [-0.1, -0.05) is 42.5 Å². The van der Waals surface area contributed by atoms with E-state index in [2.05, 4.69) is 0 Å². The Balaban J connectivity index is 1.98. The molecule has 5 heteroatoms. The molecule has 2 atom stereocenters. The molecule has 0 bridgehead atoms. The molecule has 0 radical (unpaired) electrons. The van der Waals surface area contributed by atoms with Gasteiger partial charge in [-0.05, 0) is 19.1 Å². The minimum Gasteiger partial charge on any atom is -0.474 e. The Kier molecular flexibility index (Phi) is 4.14. The first kappa shape index (κ1) is 15.0. The van der Waals surface area contributed by atoms with Crippen LogP contribution in [-0.2, 0) is 13.8 Å². The summed E-state index contributed by atoms with van der Waals surface area (Å²) < 4.78 is 37.6. The lowest BCUT2D eigenvalue weighted by molar-refractivity contribution is 0.221. The lowest BCUT2D eigenvalue weighted by Gasteiger charge is -2.19. The molecular formula is C17H16FO3P. The van der Waals surface area contributed by atoms with Crippen molar-refractivity contribution < 1.29 is 18.2 Å². The molecule has 0 saturated heterocycles. The first-order chi connectivity index (χ1) is 10.6. The summed E-state index contributed by atoms with van der Waals surface area (Å²) in [5.41, 5.74) is 1.48. The van der Waals surface area contributed by atoms with Crippen LogP contribution in [0.3, 0.4) is 0 Å². The van der Waals surface area contributed by atoms with Crippen molar-refractivity contribution in [3.63, 3.8) is 0 Å². The quantitative estimate of drug-likeness (QED) is 0.730. The zero-order valence-corrected chi connectivity index (χ0v) is 13.0. The molecule has 0 fully saturated rings. The van der Waals surface area contributed by atoms with Gasteiger partial charge in [-0.3, -0.25) is 4.57 Å². The summed E-state index contributed by atoms with van der Waals surface area (Å²) in [6.07, 6.45) is 0. The van der Waals surface area contributed by atoms with Gasteiger partial charge in [0.2, 0.25) is 5.85 Å². The van der Waals surface area contributed by atoms with E-state index in [-0.39, 0.29) is 5.82 Å². The molecule has 1 aliphatic heterocycles. The van der Waals surface area contributed by atoms with Gasteiger partial charge in [0.25, 0.3) is 7.37 Å². The van der Waals surface area contributed by atoms with Crippen LogP contribution in [0.25, 0.3) is 5.76 Å². The third-order valence-electron chi connectivity index (χ3n) is 3.41. The summed E-state index contributed by atoms with van der Waals surface area (Å²) >= 11 is 0. The van der Waals surface area contributed by atoms with E-state index in [1.165, 1.54) is 12.1 Å². The summed E-state index contributed by atoms with van der Waals surface area (Å²) in [5, 5.41) is 0. The van der Waals surface area contributed by atoms with Crippen LogP contribution in [0.15, 0.2) is 60.4 Å². The van der Waals surface area contributed by atoms with Crippen LogP contribution in [0.2, 0.25) is 0 Å². The molecule has 1 heterocycles. The van der Waals surface area contributed by atoms with E-state index in [1.54, 1.807) is 24.9 Å². The van der Waals surface area contributed by atoms with Crippen LogP contribution in [0.1, 0.15) is 23.9 Å². The summed E-state index contributed by atoms with van der Waals surface area (Å²) in [7, 11) is -3.15. The molecule has 0 spiro atoms. The molecule has 0 aliphatic carbocycles. The molecule has 0 saturated carbocycles. The number of hydrogen-bond acceptors (Lipinski definition) is 3. The third-order valence-corrected chi connectivity index (χ3v) is 5.72. The van der Waals surface area contributed by atoms with E-state index in [0.29, 0.717) is 17.9 Å². The normalized spacial score (nSPS) is 23.9. The van der Waals surface area contributed by atoms with Gasteiger partial charge in [-0.15, -0.1) is 0 Å². The Morgan fingerprint density at radius 1 is 1.14 bits per heavy atom. The second-order valence-electron chi connectivity index (χ2n) is 4.94. The van der Waals surface area contributed by atoms with Gasteiger partial charge < -0.3 is 9.26 Å². The Morgan fingerprint density at radius 2 is 1.82 bits per heavy atom. The molecule has 2 aromatic carbocycles. The zero-order chi connectivity index (χ0) is 15.6. The van der Waals surface area contributed by atoms with Crippen molar-refractivity contribution in [3.8, 4) is 0 Å². The fraction of sp³-hybridized carbons (Fsp3) is 0.176. The number of ether oxygens (including phenoxy) is 1. The van der Waals surface area contributed by atoms with Crippen molar-refractivity contribution in [2.24, 2.45) is 0 Å². The standard InChI is InChI=1S/C17H16FO3P/c1-2-20-22(19)12-16(13-6-4-3-5-7-13)21-17(22)14-8-10-15(18)11-9-14/h3-12,17H,2H2,1H3/t17-,22+/m0/s1. The Hall–Kier alpha value is -1.90. The van der Waals surface area contributed by atoms with Crippen LogP contribution < -0.4 is 0 Å². The van der Waals surface area contributed by atoms with E-state index < -0.39 is 13.2 Å². The molecule has 2 aromatic rings. The Labute approximate surface area is 128 Å². The Morgan fingerprint density at radius 3 is 2.45 bits per heavy atom. The second kappa shape index (κ2) is 6.07. The topological polar surface area (TPSA) is 35.5 Å². The predicted octanol–water partition coefficient (Wildman–Crippen LogP) is 5.17. The highest BCUT2D eigenvalue weighted by atomic mass is 31.2. The first-order valence-corrected chi connectivity index (χ1v) is 8.83. The molecule has 1 aliphatic rings. The highest BCUT2D eigenvalue weighted by Gasteiger charge is 2.42. The molecule has 0 amide bonds. The molecular weight excluding hydrogens is 302 g/mol.